The topological polar surface area (TPSA) is 85.3 Å². The fourth-order valence-electron chi connectivity index (χ4n) is 4.20. The maximum atomic E-state index is 13.7. The standard InChI is InChI=1S/C32H25ClN2O5S2/c1-3-10-23-19-22(20-28(39-2)30(23)40-42(37,38)27-17-15-24(33)16-18-27)21-29-31(36)35(26-13-8-5-9-14-26)32(41-29)34-25-11-6-4-7-12-25/h3-9,11-21H,1,10H2,2H3/b29-21+,34-32?. The number of hydrogen-bond acceptors (Lipinski definition) is 7. The molecule has 0 N–H and O–H groups in total. The first-order valence-electron chi connectivity index (χ1n) is 12.7. The van der Waals surface area contributed by atoms with E-state index in [-0.39, 0.29) is 28.7 Å². The monoisotopic (exact) mass is 616 g/mol. The highest BCUT2D eigenvalue weighted by atomic mass is 35.5. The zero-order valence-corrected chi connectivity index (χ0v) is 24.8. The molecule has 7 nitrogen and oxygen atoms in total. The number of para-hydroxylation sites is 2. The van der Waals surface area contributed by atoms with E-state index in [0.717, 1.165) is 0 Å². The van der Waals surface area contributed by atoms with Gasteiger partial charge in [0.1, 0.15) is 4.90 Å². The summed E-state index contributed by atoms with van der Waals surface area (Å²) in [4.78, 5) is 20.4. The van der Waals surface area contributed by atoms with E-state index in [0.29, 0.717) is 37.6 Å². The highest BCUT2D eigenvalue weighted by Gasteiger charge is 2.35. The fourth-order valence-corrected chi connectivity index (χ4v) is 6.30. The third kappa shape index (κ3) is 6.44. The minimum Gasteiger partial charge on any atom is -0.493 e. The van der Waals surface area contributed by atoms with Gasteiger partial charge in [-0.1, -0.05) is 54.1 Å². The summed E-state index contributed by atoms with van der Waals surface area (Å²) in [6.07, 6.45) is 3.64. The lowest BCUT2D eigenvalue weighted by molar-refractivity contribution is -0.113. The van der Waals surface area contributed by atoms with Crippen molar-refractivity contribution in [2.45, 2.75) is 11.3 Å². The number of rotatable bonds is 9. The van der Waals surface area contributed by atoms with E-state index in [9.17, 15) is 13.2 Å². The van der Waals surface area contributed by atoms with Crippen molar-refractivity contribution in [2.24, 2.45) is 4.99 Å². The van der Waals surface area contributed by atoms with E-state index in [1.54, 1.807) is 29.2 Å². The van der Waals surface area contributed by atoms with Crippen molar-refractivity contribution in [2.75, 3.05) is 12.0 Å². The molecule has 1 heterocycles. The molecule has 1 aliphatic heterocycles. The molecule has 1 aliphatic rings. The molecule has 0 atom stereocenters. The zero-order valence-electron chi connectivity index (χ0n) is 22.4. The van der Waals surface area contributed by atoms with Gasteiger partial charge < -0.3 is 8.92 Å². The van der Waals surface area contributed by atoms with E-state index < -0.39 is 10.1 Å². The summed E-state index contributed by atoms with van der Waals surface area (Å²) < 4.78 is 37.3. The van der Waals surface area contributed by atoms with Crippen LogP contribution in [-0.2, 0) is 21.3 Å². The summed E-state index contributed by atoms with van der Waals surface area (Å²) in [7, 11) is -2.77. The number of amides is 1. The van der Waals surface area contributed by atoms with E-state index >= 15 is 0 Å². The molecule has 10 heteroatoms. The van der Waals surface area contributed by atoms with Crippen LogP contribution in [0.2, 0.25) is 5.02 Å². The molecule has 0 aromatic heterocycles. The Hall–Kier alpha value is -4.31. The van der Waals surface area contributed by atoms with Crippen LogP contribution in [0.4, 0.5) is 11.4 Å². The molecule has 0 aliphatic carbocycles. The summed E-state index contributed by atoms with van der Waals surface area (Å²) >= 11 is 7.16. The molecular weight excluding hydrogens is 592 g/mol. The Bertz CT molecular complexity index is 1790. The van der Waals surface area contributed by atoms with E-state index in [1.165, 1.54) is 43.1 Å². The van der Waals surface area contributed by atoms with Crippen LogP contribution in [0.5, 0.6) is 11.5 Å². The Morgan fingerprint density at radius 3 is 2.29 bits per heavy atom. The number of halogens is 1. The van der Waals surface area contributed by atoms with Crippen LogP contribution in [0.3, 0.4) is 0 Å². The molecule has 1 fully saturated rings. The predicted molar refractivity (Wildman–Crippen MR) is 169 cm³/mol. The summed E-state index contributed by atoms with van der Waals surface area (Å²) in [6.45, 7) is 3.80. The maximum absolute atomic E-state index is 13.7. The minimum atomic E-state index is -4.19. The van der Waals surface area contributed by atoms with Gasteiger partial charge in [-0.2, -0.15) is 8.42 Å². The third-order valence-electron chi connectivity index (χ3n) is 6.13. The minimum absolute atomic E-state index is 0.0390. The number of methoxy groups -OCH3 is 1. The molecule has 1 amide bonds. The number of carbonyl (C=O) groups excluding carboxylic acids is 1. The van der Waals surface area contributed by atoms with Gasteiger partial charge in [-0.25, -0.2) is 4.99 Å². The number of anilines is 1. The second-order valence-electron chi connectivity index (χ2n) is 9.01. The van der Waals surface area contributed by atoms with Gasteiger partial charge >= 0.3 is 10.1 Å². The maximum Gasteiger partial charge on any atom is 0.339 e. The highest BCUT2D eigenvalue weighted by molar-refractivity contribution is 8.19. The average molecular weight is 617 g/mol. The van der Waals surface area contributed by atoms with Crippen LogP contribution < -0.4 is 13.8 Å². The van der Waals surface area contributed by atoms with Crippen molar-refractivity contribution in [1.29, 1.82) is 0 Å². The SMILES string of the molecule is C=CCc1cc(/C=C2/SC(=Nc3ccccc3)N(c3ccccc3)C2=O)cc(OC)c1OS(=O)(=O)c1ccc(Cl)cc1. The number of benzene rings is 4. The van der Waals surface area contributed by atoms with Gasteiger partial charge in [0.25, 0.3) is 5.91 Å². The van der Waals surface area contributed by atoms with Crippen LogP contribution in [0.15, 0.2) is 125 Å². The molecule has 0 unspecified atom stereocenters. The number of nitrogens with zero attached hydrogens (tertiary/aromatic N) is 2. The van der Waals surface area contributed by atoms with Gasteiger partial charge in [0.05, 0.1) is 23.4 Å². The zero-order chi connectivity index (χ0) is 29.7. The van der Waals surface area contributed by atoms with Crippen molar-refractivity contribution in [3.8, 4) is 11.5 Å². The average Bonchev–Trinajstić information content (AvgIpc) is 3.29. The molecule has 0 radical (unpaired) electrons. The molecular formula is C32H25ClN2O5S2. The first-order chi connectivity index (χ1) is 20.3. The van der Waals surface area contributed by atoms with Gasteiger partial charge in [-0.3, -0.25) is 9.69 Å². The molecule has 0 spiro atoms. The van der Waals surface area contributed by atoms with Gasteiger partial charge in [0, 0.05) is 10.6 Å². The van der Waals surface area contributed by atoms with Crippen LogP contribution in [0.1, 0.15) is 11.1 Å². The number of carbonyl (C=O) groups is 1. The predicted octanol–water partition coefficient (Wildman–Crippen LogP) is 7.65. The van der Waals surface area contributed by atoms with Crippen molar-refractivity contribution in [3.63, 3.8) is 0 Å². The smallest absolute Gasteiger partial charge is 0.339 e. The van der Waals surface area contributed by atoms with Crippen molar-refractivity contribution < 1.29 is 22.1 Å². The Kier molecular flexibility index (Phi) is 8.82. The second-order valence-corrected chi connectivity index (χ2v) is 12.0. The summed E-state index contributed by atoms with van der Waals surface area (Å²) in [6, 6.07) is 27.7. The van der Waals surface area contributed by atoms with Crippen LogP contribution in [-0.4, -0.2) is 26.6 Å². The fraction of sp³-hybridized carbons (Fsp3) is 0.0625. The molecule has 0 saturated carbocycles. The summed E-state index contributed by atoms with van der Waals surface area (Å²) in [5, 5.41) is 0.911. The van der Waals surface area contributed by atoms with Crippen LogP contribution in [0.25, 0.3) is 6.08 Å². The van der Waals surface area contributed by atoms with Gasteiger partial charge in [-0.05, 0) is 90.5 Å². The third-order valence-corrected chi connectivity index (χ3v) is 8.59. The summed E-state index contributed by atoms with van der Waals surface area (Å²) in [5.41, 5.74) is 2.54. The molecule has 5 rings (SSSR count). The first-order valence-corrected chi connectivity index (χ1v) is 15.3. The van der Waals surface area contributed by atoms with Crippen LogP contribution >= 0.6 is 23.4 Å². The van der Waals surface area contributed by atoms with Gasteiger partial charge in [-0.15, -0.1) is 6.58 Å². The number of aliphatic imine (C=N–C) groups is 1. The molecule has 4 aromatic carbocycles. The highest BCUT2D eigenvalue weighted by Crippen LogP contribution is 2.40. The quantitative estimate of drug-likeness (QED) is 0.109. The lowest BCUT2D eigenvalue weighted by atomic mass is 10.1. The molecule has 4 aromatic rings. The Morgan fingerprint density at radius 1 is 0.976 bits per heavy atom. The van der Waals surface area contributed by atoms with Gasteiger partial charge in [0.15, 0.2) is 16.7 Å². The number of allylic oxidation sites excluding steroid dienone is 1. The van der Waals surface area contributed by atoms with Crippen molar-refractivity contribution >= 4 is 62.0 Å². The Labute approximate surface area is 253 Å². The van der Waals surface area contributed by atoms with E-state index in [4.69, 9.17) is 25.5 Å². The Morgan fingerprint density at radius 2 is 1.64 bits per heavy atom. The molecule has 42 heavy (non-hydrogen) atoms. The van der Waals surface area contributed by atoms with Crippen molar-refractivity contribution in [3.05, 3.63) is 131 Å². The molecule has 212 valence electrons. The lowest BCUT2D eigenvalue weighted by Gasteiger charge is -2.16. The first kappa shape index (κ1) is 29.2. The largest absolute Gasteiger partial charge is 0.493 e. The number of amidine groups is 1. The van der Waals surface area contributed by atoms with E-state index in [1.807, 2.05) is 60.7 Å². The van der Waals surface area contributed by atoms with Crippen LogP contribution in [0, 0.1) is 0 Å². The number of hydrogen-bond donors (Lipinski definition) is 0. The number of ether oxygens (including phenoxy) is 1. The van der Waals surface area contributed by atoms with E-state index in [2.05, 4.69) is 6.58 Å². The van der Waals surface area contributed by atoms with Gasteiger partial charge in [0.2, 0.25) is 0 Å². The lowest BCUT2D eigenvalue weighted by Crippen LogP contribution is -2.28. The Balaban J connectivity index is 1.55. The molecule has 1 saturated heterocycles. The normalized spacial score (nSPS) is 15.3. The number of thioether (sulfide) groups is 1. The molecule has 0 bridgehead atoms. The summed E-state index contributed by atoms with van der Waals surface area (Å²) in [5.74, 6) is -0.0137. The second kappa shape index (κ2) is 12.7. The van der Waals surface area contributed by atoms with Crippen molar-refractivity contribution in [1.82, 2.24) is 0 Å².